The molecule has 2 aromatic carbocycles. The molecule has 6 amide bonds. The van der Waals surface area contributed by atoms with Crippen LogP contribution in [0.3, 0.4) is 0 Å². The summed E-state index contributed by atoms with van der Waals surface area (Å²) in [6.07, 6.45) is 15.5. The highest BCUT2D eigenvalue weighted by Crippen LogP contribution is 2.36. The van der Waals surface area contributed by atoms with Gasteiger partial charge in [0.1, 0.15) is 12.1 Å². The zero-order valence-electron chi connectivity index (χ0n) is 48.7. The molecule has 2 aliphatic heterocycles. The van der Waals surface area contributed by atoms with Gasteiger partial charge >= 0.3 is 0 Å². The van der Waals surface area contributed by atoms with E-state index in [0.29, 0.717) is 76.6 Å². The predicted molar refractivity (Wildman–Crippen MR) is 316 cm³/mol. The summed E-state index contributed by atoms with van der Waals surface area (Å²) in [5.74, 6) is -1.18. The third kappa shape index (κ3) is 14.2. The second-order valence-electron chi connectivity index (χ2n) is 22.1. The first-order chi connectivity index (χ1) is 39.6. The minimum Gasteiger partial charge on any atom is -0.379 e. The van der Waals surface area contributed by atoms with Crippen LogP contribution >= 0.6 is 0 Å². The quantitative estimate of drug-likeness (QED) is 0.0318. The third-order valence-corrected chi connectivity index (χ3v) is 15.8. The van der Waals surface area contributed by atoms with Gasteiger partial charge in [-0.3, -0.25) is 38.7 Å². The lowest BCUT2D eigenvalue weighted by Crippen LogP contribution is -2.54. The van der Waals surface area contributed by atoms with E-state index in [9.17, 15) is 28.8 Å². The highest BCUT2D eigenvalue weighted by atomic mass is 16.5. The first-order valence-corrected chi connectivity index (χ1v) is 29.0. The highest BCUT2D eigenvalue weighted by Gasteiger charge is 2.38. The van der Waals surface area contributed by atoms with Crippen molar-refractivity contribution >= 4 is 57.2 Å². The molecule has 438 valence electrons. The molecule has 6 unspecified atom stereocenters. The molecule has 0 spiro atoms. The zero-order chi connectivity index (χ0) is 58.5. The van der Waals surface area contributed by atoms with Crippen molar-refractivity contribution in [2.45, 2.75) is 116 Å². The van der Waals surface area contributed by atoms with Gasteiger partial charge in [-0.1, -0.05) is 39.8 Å². The van der Waals surface area contributed by atoms with E-state index in [4.69, 9.17) is 9.47 Å². The molecule has 0 aliphatic carbocycles. The number of aromatic nitrogens is 4. The van der Waals surface area contributed by atoms with Crippen molar-refractivity contribution in [1.29, 1.82) is 0 Å². The van der Waals surface area contributed by atoms with Gasteiger partial charge in [0.2, 0.25) is 23.6 Å². The van der Waals surface area contributed by atoms with Crippen LogP contribution < -0.4 is 31.9 Å². The first-order valence-electron chi connectivity index (χ1n) is 29.0. The van der Waals surface area contributed by atoms with Crippen molar-refractivity contribution in [1.82, 2.24) is 60.8 Å². The summed E-state index contributed by atoms with van der Waals surface area (Å²) in [6.45, 7) is 15.0. The van der Waals surface area contributed by atoms with Crippen LogP contribution in [-0.4, -0.2) is 155 Å². The van der Waals surface area contributed by atoms with Crippen LogP contribution in [0.5, 0.6) is 0 Å². The van der Waals surface area contributed by atoms with E-state index in [0.717, 1.165) is 70.0 Å². The predicted octanol–water partition coefficient (Wildman–Crippen LogP) is 6.16. The fraction of sp³-hybridized carbons (Fsp3) is 0.484. The number of rotatable bonds is 27. The Morgan fingerprint density at radius 1 is 0.561 bits per heavy atom. The lowest BCUT2D eigenvalue weighted by molar-refractivity contribution is -0.139. The van der Waals surface area contributed by atoms with Crippen LogP contribution in [0.15, 0.2) is 97.8 Å². The molecule has 6 heterocycles. The molecule has 6 atom stereocenters. The van der Waals surface area contributed by atoms with Crippen LogP contribution in [0.25, 0.3) is 33.2 Å². The number of likely N-dealkylation sites (tertiary alicyclic amines) is 2. The Hall–Kier alpha value is -7.52. The van der Waals surface area contributed by atoms with Gasteiger partial charge in [0.15, 0.2) is 0 Å². The summed E-state index contributed by atoms with van der Waals surface area (Å²) in [5.41, 5.74) is 6.27. The standard InChI is InChI=1S/C62H82N12O8/c1-39(2)55(69-57(75)41(5)63-7)61(79)73-25-11-19-51(73)43-33-45(37-65-35-43)71-27-21-47-49(15-9-17-53(47)71)59(77)67-23-13-29-81-31-32-82-30-14-24-68-60(78)50-16-10-18-54-48(50)22-28-72(54)46-34-44(36-66-38-46)52-20-12-26-74(52)62(80)56(40(3)4)70-58(76)42(6)64-8/h9-10,15-18,21-22,27-28,33-42,51-52,55-56,63-64H,11-14,19-20,23-26,29-32H2,1-8H3,(H,67,77)(H,68,78)(H,69,75)(H,70,76). The van der Waals surface area contributed by atoms with E-state index >= 15 is 0 Å². The van der Waals surface area contributed by atoms with E-state index in [1.165, 1.54) is 0 Å². The molecule has 82 heavy (non-hydrogen) atoms. The molecule has 0 radical (unpaired) electrons. The molecular formula is C62H82N12O8. The van der Waals surface area contributed by atoms with Crippen molar-refractivity contribution < 1.29 is 38.2 Å². The topological polar surface area (TPSA) is 235 Å². The van der Waals surface area contributed by atoms with Gasteiger partial charge in [-0.15, -0.1) is 0 Å². The molecule has 2 fully saturated rings. The van der Waals surface area contributed by atoms with Crippen LogP contribution in [-0.2, 0) is 28.7 Å². The minimum atomic E-state index is -0.649. The number of ether oxygens (including phenoxy) is 2. The van der Waals surface area contributed by atoms with Crippen molar-refractivity contribution in [2.24, 2.45) is 11.8 Å². The molecule has 0 saturated carbocycles. The van der Waals surface area contributed by atoms with Crippen molar-refractivity contribution in [3.63, 3.8) is 0 Å². The molecule has 2 aliphatic rings. The number of nitrogens with zero attached hydrogens (tertiary/aromatic N) is 6. The van der Waals surface area contributed by atoms with Crippen LogP contribution in [0.1, 0.15) is 124 Å². The van der Waals surface area contributed by atoms with E-state index in [1.807, 2.05) is 108 Å². The van der Waals surface area contributed by atoms with Crippen LogP contribution in [0.2, 0.25) is 0 Å². The molecule has 2 saturated heterocycles. The second kappa shape index (κ2) is 28.5. The summed E-state index contributed by atoms with van der Waals surface area (Å²) in [7, 11) is 3.43. The molecule has 20 heteroatoms. The maximum Gasteiger partial charge on any atom is 0.251 e. The smallest absolute Gasteiger partial charge is 0.251 e. The first kappa shape index (κ1) is 60.6. The van der Waals surface area contributed by atoms with Gasteiger partial charge in [-0.25, -0.2) is 0 Å². The lowest BCUT2D eigenvalue weighted by Gasteiger charge is -2.32. The normalized spacial score (nSPS) is 16.9. The summed E-state index contributed by atoms with van der Waals surface area (Å²) >= 11 is 0. The molecular weight excluding hydrogens is 1040 g/mol. The van der Waals surface area contributed by atoms with E-state index in [1.54, 1.807) is 52.7 Å². The summed E-state index contributed by atoms with van der Waals surface area (Å²) < 4.78 is 15.6. The number of carbonyl (C=O) groups excluding carboxylic acids is 6. The van der Waals surface area contributed by atoms with Gasteiger partial charge < -0.3 is 60.3 Å². The molecule has 8 rings (SSSR count). The Kier molecular flexibility index (Phi) is 21.0. The van der Waals surface area contributed by atoms with Crippen molar-refractivity contribution in [3.8, 4) is 11.4 Å². The maximum absolute atomic E-state index is 14.0. The molecule has 6 N–H and O–H groups in total. The zero-order valence-corrected chi connectivity index (χ0v) is 48.7. The van der Waals surface area contributed by atoms with Gasteiger partial charge in [0.25, 0.3) is 11.8 Å². The number of carbonyl (C=O) groups is 6. The fourth-order valence-electron chi connectivity index (χ4n) is 10.9. The highest BCUT2D eigenvalue weighted by molar-refractivity contribution is 6.08. The average Bonchev–Trinajstić information content (AvgIpc) is 4.29. The van der Waals surface area contributed by atoms with Gasteiger partial charge in [-0.2, -0.15) is 0 Å². The number of pyridine rings is 2. The Labute approximate surface area is 480 Å². The number of amides is 6. The Balaban J connectivity index is 0.747. The number of benzene rings is 2. The van der Waals surface area contributed by atoms with Gasteiger partial charge in [0, 0.05) is 86.1 Å². The number of likely N-dealkylation sites (N-methyl/N-ethyl adjacent to an activating group) is 2. The summed E-state index contributed by atoms with van der Waals surface area (Å²) in [5, 5.41) is 19.5. The largest absolute Gasteiger partial charge is 0.379 e. The molecule has 6 aromatic rings. The van der Waals surface area contributed by atoms with Gasteiger partial charge in [0.05, 0.1) is 72.2 Å². The molecule has 0 bridgehead atoms. The summed E-state index contributed by atoms with van der Waals surface area (Å²) in [4.78, 5) is 93.4. The second-order valence-corrected chi connectivity index (χ2v) is 22.1. The molecule has 20 nitrogen and oxygen atoms in total. The average molecular weight is 1120 g/mol. The van der Waals surface area contributed by atoms with Crippen LogP contribution in [0.4, 0.5) is 0 Å². The number of hydrogen-bond donors (Lipinski definition) is 6. The Morgan fingerprint density at radius 2 is 0.976 bits per heavy atom. The van der Waals surface area contributed by atoms with Crippen molar-refractivity contribution in [2.75, 3.05) is 66.7 Å². The van der Waals surface area contributed by atoms with Crippen LogP contribution in [0, 0.1) is 11.8 Å². The number of hydrogen-bond acceptors (Lipinski definition) is 12. The third-order valence-electron chi connectivity index (χ3n) is 15.8. The SMILES string of the molecule is CNC(C)C(=O)NC(C(=O)N1CCCC1c1cncc(-n2ccc3c(C(=O)NCCCOCCOCCCNC(=O)c4cccc5c4ccn5-c4cncc(C5CCCN5C(=O)C(NC(=O)C(C)NC)C(C)C)c4)cccc32)c1)C(C)C. The number of nitrogens with one attached hydrogen (secondary N) is 6. The maximum atomic E-state index is 14.0. The Bertz CT molecular complexity index is 2980. The molecule has 4 aromatic heterocycles. The number of fused-ring (bicyclic) bond motifs is 2. The van der Waals surface area contributed by atoms with E-state index < -0.39 is 24.2 Å². The van der Waals surface area contributed by atoms with E-state index in [-0.39, 0.29) is 59.4 Å². The lowest BCUT2D eigenvalue weighted by atomic mass is 10.00. The Morgan fingerprint density at radius 3 is 1.37 bits per heavy atom. The minimum absolute atomic E-state index is 0.0939. The van der Waals surface area contributed by atoms with Crippen molar-refractivity contribution in [3.05, 3.63) is 120 Å². The van der Waals surface area contributed by atoms with Gasteiger partial charge in [-0.05, 0) is 138 Å². The van der Waals surface area contributed by atoms with E-state index in [2.05, 4.69) is 54.0 Å². The monoisotopic (exact) mass is 1120 g/mol. The summed E-state index contributed by atoms with van der Waals surface area (Å²) in [6, 6.07) is 16.8. The fourth-order valence-corrected chi connectivity index (χ4v) is 10.9.